The maximum atomic E-state index is 12.8. The van der Waals surface area contributed by atoms with Gasteiger partial charge in [0, 0.05) is 25.2 Å². The van der Waals surface area contributed by atoms with Crippen LogP contribution in [0.4, 0.5) is 5.69 Å². The fourth-order valence-corrected chi connectivity index (χ4v) is 4.63. The van der Waals surface area contributed by atoms with Crippen LogP contribution in [0.15, 0.2) is 42.5 Å². The van der Waals surface area contributed by atoms with E-state index in [0.29, 0.717) is 12.8 Å². The minimum Gasteiger partial charge on any atom is -0.481 e. The van der Waals surface area contributed by atoms with Crippen molar-refractivity contribution in [3.05, 3.63) is 64.7 Å². The predicted molar refractivity (Wildman–Crippen MR) is 108 cm³/mol. The average molecular weight is 378 g/mol. The summed E-state index contributed by atoms with van der Waals surface area (Å²) in [4.78, 5) is 27.3. The SMILES string of the molecule is CCCN1Cc2cccc(NC(=O)CC3(C(=O)O)Cc4ccccc4C3)c2C1. The van der Waals surface area contributed by atoms with Gasteiger partial charge in [-0.1, -0.05) is 43.3 Å². The summed E-state index contributed by atoms with van der Waals surface area (Å²) < 4.78 is 0. The zero-order valence-corrected chi connectivity index (χ0v) is 16.2. The van der Waals surface area contributed by atoms with Gasteiger partial charge in [-0.15, -0.1) is 0 Å². The van der Waals surface area contributed by atoms with Crippen LogP contribution in [0.25, 0.3) is 0 Å². The van der Waals surface area contributed by atoms with E-state index in [2.05, 4.69) is 23.2 Å². The lowest BCUT2D eigenvalue weighted by atomic mass is 9.81. The van der Waals surface area contributed by atoms with Gasteiger partial charge in [-0.2, -0.15) is 0 Å². The third-order valence-corrected chi connectivity index (χ3v) is 5.99. The molecule has 0 atom stereocenters. The molecule has 2 aromatic carbocycles. The van der Waals surface area contributed by atoms with E-state index in [-0.39, 0.29) is 12.3 Å². The highest BCUT2D eigenvalue weighted by Crippen LogP contribution is 2.40. The molecule has 5 heteroatoms. The molecule has 0 spiro atoms. The van der Waals surface area contributed by atoms with E-state index in [1.807, 2.05) is 36.4 Å². The van der Waals surface area contributed by atoms with Crippen LogP contribution in [-0.4, -0.2) is 28.4 Å². The number of hydrogen-bond acceptors (Lipinski definition) is 3. The Morgan fingerprint density at radius 3 is 2.36 bits per heavy atom. The van der Waals surface area contributed by atoms with E-state index in [9.17, 15) is 14.7 Å². The number of hydrogen-bond donors (Lipinski definition) is 2. The summed E-state index contributed by atoms with van der Waals surface area (Å²) in [6, 6.07) is 13.8. The molecular weight excluding hydrogens is 352 g/mol. The standard InChI is InChI=1S/C23H26N2O3/c1-2-10-25-14-18-8-5-9-20(19(18)15-25)24-21(26)13-23(22(27)28)11-16-6-3-4-7-17(16)12-23/h3-9H,2,10-15H2,1H3,(H,24,26)(H,27,28). The molecule has 5 nitrogen and oxygen atoms in total. The second-order valence-electron chi connectivity index (χ2n) is 8.09. The highest BCUT2D eigenvalue weighted by Gasteiger charge is 2.45. The Morgan fingerprint density at radius 1 is 1.04 bits per heavy atom. The van der Waals surface area contributed by atoms with Crippen molar-refractivity contribution in [2.75, 3.05) is 11.9 Å². The summed E-state index contributed by atoms with van der Waals surface area (Å²) in [5.74, 6) is -1.12. The number of nitrogens with zero attached hydrogens (tertiary/aromatic N) is 1. The molecule has 2 aliphatic rings. The predicted octanol–water partition coefficient (Wildman–Crippen LogP) is 3.61. The Hall–Kier alpha value is -2.66. The fraction of sp³-hybridized carbons (Fsp3) is 0.391. The number of anilines is 1. The highest BCUT2D eigenvalue weighted by molar-refractivity contribution is 5.95. The minimum absolute atomic E-state index is 0.0145. The van der Waals surface area contributed by atoms with Crippen molar-refractivity contribution in [2.45, 2.75) is 45.7 Å². The summed E-state index contributed by atoms with van der Waals surface area (Å²) in [7, 11) is 0. The first-order valence-electron chi connectivity index (χ1n) is 9.94. The molecule has 0 aromatic heterocycles. The number of rotatable bonds is 6. The summed E-state index contributed by atoms with van der Waals surface area (Å²) in [6.07, 6.45) is 1.89. The van der Waals surface area contributed by atoms with Crippen molar-refractivity contribution >= 4 is 17.6 Å². The number of carboxylic acid groups (broad SMARTS) is 1. The molecule has 0 saturated heterocycles. The fourth-order valence-electron chi connectivity index (χ4n) is 4.63. The summed E-state index contributed by atoms with van der Waals surface area (Å²) in [5.41, 5.74) is 4.23. The van der Waals surface area contributed by atoms with Crippen molar-refractivity contribution in [2.24, 2.45) is 5.41 Å². The molecule has 28 heavy (non-hydrogen) atoms. The van der Waals surface area contributed by atoms with Gasteiger partial charge in [0.05, 0.1) is 5.41 Å². The molecule has 2 aromatic rings. The van der Waals surface area contributed by atoms with Gasteiger partial charge in [-0.25, -0.2) is 0 Å². The van der Waals surface area contributed by atoms with Gasteiger partial charge in [-0.05, 0) is 54.1 Å². The average Bonchev–Trinajstić information content (AvgIpc) is 3.23. The molecule has 1 amide bonds. The highest BCUT2D eigenvalue weighted by atomic mass is 16.4. The first-order chi connectivity index (χ1) is 13.5. The lowest BCUT2D eigenvalue weighted by molar-refractivity contribution is -0.150. The Labute approximate surface area is 165 Å². The largest absolute Gasteiger partial charge is 0.481 e. The lowest BCUT2D eigenvalue weighted by Crippen LogP contribution is -2.36. The topological polar surface area (TPSA) is 69.6 Å². The van der Waals surface area contributed by atoms with Gasteiger partial charge < -0.3 is 10.4 Å². The maximum Gasteiger partial charge on any atom is 0.310 e. The number of amides is 1. The third-order valence-electron chi connectivity index (χ3n) is 5.99. The van der Waals surface area contributed by atoms with Gasteiger partial charge in [0.15, 0.2) is 0 Å². The van der Waals surface area contributed by atoms with Crippen LogP contribution in [0.1, 0.15) is 42.0 Å². The number of carbonyl (C=O) groups is 2. The monoisotopic (exact) mass is 378 g/mol. The van der Waals surface area contributed by atoms with Crippen LogP contribution < -0.4 is 5.32 Å². The summed E-state index contributed by atoms with van der Waals surface area (Å²) >= 11 is 0. The summed E-state index contributed by atoms with van der Waals surface area (Å²) in [6.45, 7) is 4.93. The number of benzene rings is 2. The van der Waals surface area contributed by atoms with Crippen molar-refractivity contribution in [1.29, 1.82) is 0 Å². The van der Waals surface area contributed by atoms with Crippen LogP contribution in [-0.2, 0) is 35.5 Å². The Kier molecular flexibility index (Phi) is 4.94. The Bertz CT molecular complexity index is 897. The molecule has 1 aliphatic heterocycles. The quantitative estimate of drug-likeness (QED) is 0.806. The molecule has 4 rings (SSSR count). The number of aliphatic carboxylic acids is 1. The molecule has 0 unspecified atom stereocenters. The number of fused-ring (bicyclic) bond motifs is 2. The van der Waals surface area contributed by atoms with Crippen molar-refractivity contribution in [3.8, 4) is 0 Å². The van der Waals surface area contributed by atoms with E-state index in [4.69, 9.17) is 0 Å². The third kappa shape index (κ3) is 3.42. The van der Waals surface area contributed by atoms with E-state index < -0.39 is 11.4 Å². The van der Waals surface area contributed by atoms with E-state index in [1.54, 1.807) is 0 Å². The number of carbonyl (C=O) groups excluding carboxylic acids is 1. The molecule has 0 saturated carbocycles. The van der Waals surface area contributed by atoms with Crippen LogP contribution in [0, 0.1) is 5.41 Å². The molecule has 0 fully saturated rings. The molecule has 0 radical (unpaired) electrons. The minimum atomic E-state index is -1.06. The molecule has 0 bridgehead atoms. The Morgan fingerprint density at radius 2 is 1.71 bits per heavy atom. The first kappa shape index (κ1) is 18.7. The smallest absolute Gasteiger partial charge is 0.310 e. The van der Waals surface area contributed by atoms with E-state index in [0.717, 1.165) is 48.4 Å². The number of carboxylic acids is 1. The molecule has 1 heterocycles. The maximum absolute atomic E-state index is 12.8. The van der Waals surface area contributed by atoms with Crippen LogP contribution in [0.3, 0.4) is 0 Å². The van der Waals surface area contributed by atoms with Crippen LogP contribution >= 0.6 is 0 Å². The molecular formula is C23H26N2O3. The van der Waals surface area contributed by atoms with E-state index >= 15 is 0 Å². The zero-order chi connectivity index (χ0) is 19.7. The zero-order valence-electron chi connectivity index (χ0n) is 16.2. The van der Waals surface area contributed by atoms with Crippen LogP contribution in [0.5, 0.6) is 0 Å². The van der Waals surface area contributed by atoms with Gasteiger partial charge in [0.25, 0.3) is 0 Å². The lowest BCUT2D eigenvalue weighted by Gasteiger charge is -2.23. The van der Waals surface area contributed by atoms with Gasteiger partial charge >= 0.3 is 5.97 Å². The summed E-state index contributed by atoms with van der Waals surface area (Å²) in [5, 5.41) is 12.9. The van der Waals surface area contributed by atoms with Crippen molar-refractivity contribution in [1.82, 2.24) is 4.90 Å². The molecule has 2 N–H and O–H groups in total. The van der Waals surface area contributed by atoms with Crippen LogP contribution in [0.2, 0.25) is 0 Å². The number of nitrogens with one attached hydrogen (secondary N) is 1. The van der Waals surface area contributed by atoms with E-state index in [1.165, 1.54) is 5.56 Å². The van der Waals surface area contributed by atoms with Crippen molar-refractivity contribution in [3.63, 3.8) is 0 Å². The normalized spacial score (nSPS) is 17.2. The second kappa shape index (κ2) is 7.40. The van der Waals surface area contributed by atoms with Gasteiger partial charge in [0.1, 0.15) is 0 Å². The first-order valence-corrected chi connectivity index (χ1v) is 9.94. The molecule has 146 valence electrons. The molecule has 1 aliphatic carbocycles. The van der Waals surface area contributed by atoms with Crippen molar-refractivity contribution < 1.29 is 14.7 Å². The second-order valence-corrected chi connectivity index (χ2v) is 8.09. The van der Waals surface area contributed by atoms with Gasteiger partial charge in [-0.3, -0.25) is 14.5 Å². The van der Waals surface area contributed by atoms with Gasteiger partial charge in [0.2, 0.25) is 5.91 Å². The Balaban J connectivity index is 1.50.